The van der Waals surface area contributed by atoms with Gasteiger partial charge in [-0.1, -0.05) is 6.08 Å². The van der Waals surface area contributed by atoms with Crippen LogP contribution in [0.3, 0.4) is 0 Å². The van der Waals surface area contributed by atoms with E-state index in [0.717, 1.165) is 6.29 Å². The number of hydrogen-bond acceptors (Lipinski definition) is 3. The van der Waals surface area contributed by atoms with Gasteiger partial charge in [0, 0.05) is 18.2 Å². The Hall–Kier alpha value is -1.97. The molecule has 1 aromatic rings. The van der Waals surface area contributed by atoms with Crippen LogP contribution < -0.4 is 5.73 Å². The molecule has 0 spiro atoms. The van der Waals surface area contributed by atoms with Gasteiger partial charge in [-0.3, -0.25) is 14.6 Å². The summed E-state index contributed by atoms with van der Waals surface area (Å²) in [5, 5.41) is 0. The number of nitrogens with zero attached hydrogens (tertiary/aromatic N) is 1. The van der Waals surface area contributed by atoms with E-state index >= 15 is 0 Å². The number of primary amides is 1. The zero-order chi connectivity index (χ0) is 10.4. The molecule has 0 radical (unpaired) electrons. The summed E-state index contributed by atoms with van der Waals surface area (Å²) in [4.78, 5) is 24.7. The molecule has 4 nitrogen and oxygen atoms in total. The predicted octanol–water partition coefficient (Wildman–Crippen LogP) is 0.783. The molecule has 0 aliphatic carbocycles. The van der Waals surface area contributed by atoms with Crippen LogP contribution in [0.4, 0.5) is 0 Å². The monoisotopic (exact) mass is 190 g/mol. The molecule has 1 aromatic heterocycles. The summed E-state index contributed by atoms with van der Waals surface area (Å²) >= 11 is 0. The number of aromatic nitrogens is 1. The molecule has 0 atom stereocenters. The van der Waals surface area contributed by atoms with Crippen LogP contribution in [0.5, 0.6) is 0 Å². The molecule has 2 N–H and O–H groups in total. The molecule has 0 fully saturated rings. The van der Waals surface area contributed by atoms with Crippen LogP contribution in [-0.2, 0) is 4.79 Å². The van der Waals surface area contributed by atoms with Gasteiger partial charge in [0.1, 0.15) is 0 Å². The highest BCUT2D eigenvalue weighted by Gasteiger charge is 1.91. The largest absolute Gasteiger partial charge is 0.369 e. The molecule has 0 bridgehead atoms. The van der Waals surface area contributed by atoms with Crippen molar-refractivity contribution in [3.8, 4) is 0 Å². The van der Waals surface area contributed by atoms with Gasteiger partial charge in [-0.05, 0) is 18.2 Å². The fourth-order valence-electron chi connectivity index (χ4n) is 0.881. The number of rotatable bonds is 4. The van der Waals surface area contributed by atoms with Crippen LogP contribution in [0.25, 0.3) is 6.08 Å². The van der Waals surface area contributed by atoms with E-state index in [4.69, 9.17) is 5.73 Å². The van der Waals surface area contributed by atoms with Crippen LogP contribution in [0, 0.1) is 0 Å². The third-order valence-corrected chi connectivity index (χ3v) is 1.55. The highest BCUT2D eigenvalue weighted by atomic mass is 16.1. The first-order valence-corrected chi connectivity index (χ1v) is 4.08. The van der Waals surface area contributed by atoms with Gasteiger partial charge in [0.2, 0.25) is 5.91 Å². The molecule has 0 unspecified atom stereocenters. The Labute approximate surface area is 81.4 Å². The lowest BCUT2D eigenvalue weighted by Gasteiger charge is -1.92. The Bertz CT molecular complexity index is 355. The van der Waals surface area contributed by atoms with Crippen molar-refractivity contribution in [2.75, 3.05) is 0 Å². The molecular formula is C10H10N2O2. The second kappa shape index (κ2) is 4.91. The Morgan fingerprint density at radius 1 is 1.50 bits per heavy atom. The topological polar surface area (TPSA) is 73.1 Å². The van der Waals surface area contributed by atoms with Gasteiger partial charge in [0.05, 0.1) is 5.69 Å². The minimum absolute atomic E-state index is 0.192. The van der Waals surface area contributed by atoms with Crippen LogP contribution in [-0.4, -0.2) is 17.2 Å². The van der Waals surface area contributed by atoms with Gasteiger partial charge in [-0.2, -0.15) is 0 Å². The van der Waals surface area contributed by atoms with Crippen LogP contribution in [0.15, 0.2) is 24.4 Å². The number of amides is 1. The molecule has 14 heavy (non-hydrogen) atoms. The molecule has 0 aliphatic heterocycles. The van der Waals surface area contributed by atoms with Gasteiger partial charge >= 0.3 is 0 Å². The van der Waals surface area contributed by atoms with Crippen LogP contribution in [0.2, 0.25) is 0 Å². The molecular weight excluding hydrogens is 180 g/mol. The van der Waals surface area contributed by atoms with Crippen LogP contribution >= 0.6 is 0 Å². The van der Waals surface area contributed by atoms with E-state index in [0.29, 0.717) is 11.3 Å². The van der Waals surface area contributed by atoms with Crippen LogP contribution in [0.1, 0.15) is 22.5 Å². The lowest BCUT2D eigenvalue weighted by molar-refractivity contribution is -0.117. The quantitative estimate of drug-likeness (QED) is 0.713. The van der Waals surface area contributed by atoms with Crippen molar-refractivity contribution >= 4 is 18.3 Å². The van der Waals surface area contributed by atoms with Gasteiger partial charge in [0.15, 0.2) is 6.29 Å². The average molecular weight is 190 g/mol. The van der Waals surface area contributed by atoms with Crippen molar-refractivity contribution in [2.45, 2.75) is 6.42 Å². The van der Waals surface area contributed by atoms with E-state index in [-0.39, 0.29) is 12.3 Å². The van der Waals surface area contributed by atoms with Crippen molar-refractivity contribution in [2.24, 2.45) is 5.73 Å². The van der Waals surface area contributed by atoms with E-state index in [1.165, 1.54) is 6.20 Å². The molecule has 4 heteroatoms. The van der Waals surface area contributed by atoms with Gasteiger partial charge in [0.25, 0.3) is 0 Å². The van der Waals surface area contributed by atoms with E-state index in [9.17, 15) is 9.59 Å². The lowest BCUT2D eigenvalue weighted by atomic mass is 10.2. The molecule has 1 amide bonds. The maximum atomic E-state index is 10.4. The molecule has 0 saturated carbocycles. The summed E-state index contributed by atoms with van der Waals surface area (Å²) < 4.78 is 0. The fraction of sp³-hybridized carbons (Fsp3) is 0.100. The number of carbonyl (C=O) groups excluding carboxylic acids is 2. The fourth-order valence-corrected chi connectivity index (χ4v) is 0.881. The summed E-state index contributed by atoms with van der Waals surface area (Å²) in [5.41, 5.74) is 6.16. The summed E-state index contributed by atoms with van der Waals surface area (Å²) in [5.74, 6) is -0.384. The van der Waals surface area contributed by atoms with E-state index in [1.807, 2.05) is 0 Å². The van der Waals surface area contributed by atoms with E-state index in [2.05, 4.69) is 4.98 Å². The summed E-state index contributed by atoms with van der Waals surface area (Å²) in [6.07, 6.45) is 5.70. The number of nitrogens with two attached hydrogens (primary N) is 1. The summed E-state index contributed by atoms with van der Waals surface area (Å²) in [6, 6.07) is 3.35. The van der Waals surface area contributed by atoms with Crippen molar-refractivity contribution in [1.82, 2.24) is 4.98 Å². The smallest absolute Gasteiger partial charge is 0.221 e. The van der Waals surface area contributed by atoms with Crippen molar-refractivity contribution in [3.05, 3.63) is 35.7 Å². The molecule has 0 aliphatic rings. The van der Waals surface area contributed by atoms with Crippen molar-refractivity contribution in [3.63, 3.8) is 0 Å². The number of hydrogen-bond donors (Lipinski definition) is 1. The highest BCUT2D eigenvalue weighted by molar-refractivity contribution is 5.76. The second-order valence-electron chi connectivity index (χ2n) is 2.71. The number of carbonyl (C=O) groups is 2. The third-order valence-electron chi connectivity index (χ3n) is 1.55. The highest BCUT2D eigenvalue weighted by Crippen LogP contribution is 2.00. The first-order valence-electron chi connectivity index (χ1n) is 4.08. The Balaban J connectivity index is 2.63. The standard InChI is InChI=1S/C10H10N2O2/c11-10(14)3-1-2-9-5-4-8(7-13)6-12-9/h1-2,4-7H,3H2,(H2,11,14). The zero-order valence-electron chi connectivity index (χ0n) is 7.51. The Morgan fingerprint density at radius 2 is 2.29 bits per heavy atom. The summed E-state index contributed by atoms with van der Waals surface area (Å²) in [7, 11) is 0. The number of aldehydes is 1. The first-order chi connectivity index (χ1) is 6.72. The average Bonchev–Trinajstić information content (AvgIpc) is 2.18. The molecule has 0 saturated heterocycles. The predicted molar refractivity (Wildman–Crippen MR) is 52.5 cm³/mol. The normalized spacial score (nSPS) is 10.3. The summed E-state index contributed by atoms with van der Waals surface area (Å²) in [6.45, 7) is 0. The first kappa shape index (κ1) is 10.1. The maximum Gasteiger partial charge on any atom is 0.221 e. The van der Waals surface area contributed by atoms with E-state index in [1.54, 1.807) is 24.3 Å². The minimum atomic E-state index is -0.384. The molecule has 1 rings (SSSR count). The molecule has 1 heterocycles. The maximum absolute atomic E-state index is 10.4. The third kappa shape index (κ3) is 3.18. The zero-order valence-corrected chi connectivity index (χ0v) is 7.51. The SMILES string of the molecule is NC(=O)CC=Cc1ccc(C=O)cn1. The molecule has 0 aromatic carbocycles. The second-order valence-corrected chi connectivity index (χ2v) is 2.71. The van der Waals surface area contributed by atoms with Gasteiger partial charge < -0.3 is 5.73 Å². The van der Waals surface area contributed by atoms with E-state index < -0.39 is 0 Å². The number of pyridine rings is 1. The van der Waals surface area contributed by atoms with Crippen molar-refractivity contribution < 1.29 is 9.59 Å². The molecule has 72 valence electrons. The van der Waals surface area contributed by atoms with Gasteiger partial charge in [-0.15, -0.1) is 0 Å². The van der Waals surface area contributed by atoms with Gasteiger partial charge in [-0.25, -0.2) is 0 Å². The minimum Gasteiger partial charge on any atom is -0.369 e. The lowest BCUT2D eigenvalue weighted by Crippen LogP contribution is -2.07. The Morgan fingerprint density at radius 3 is 2.79 bits per heavy atom. The Kier molecular flexibility index (Phi) is 3.55. The van der Waals surface area contributed by atoms with Crippen molar-refractivity contribution in [1.29, 1.82) is 0 Å².